The first kappa shape index (κ1) is 162. The lowest BCUT2D eigenvalue weighted by Crippen LogP contribution is -2.41. The first-order chi connectivity index (χ1) is 40.3. The number of hydrogen-bond donors (Lipinski definition) is 2. The van der Waals surface area contributed by atoms with Gasteiger partial charge in [0, 0.05) is 12.3 Å². The number of hydrogen-bond acceptors (Lipinski definition) is 25. The van der Waals surface area contributed by atoms with E-state index in [-0.39, 0.29) is 221 Å². The molecule has 4 N–H and O–H groups in total. The van der Waals surface area contributed by atoms with E-state index in [0.29, 0.717) is 0 Å². The van der Waals surface area contributed by atoms with E-state index in [1.165, 1.54) is 7.11 Å². The van der Waals surface area contributed by atoms with Gasteiger partial charge in [-0.05, 0) is 62.5 Å². The fourth-order valence-corrected chi connectivity index (χ4v) is 5.11. The van der Waals surface area contributed by atoms with Crippen LogP contribution in [0, 0.1) is 17.8 Å². The Kier molecular flexibility index (Phi) is 224. The molecule has 0 spiro atoms. The normalized spacial score (nSPS) is 9.57. The number of ether oxygens (including phenoxy) is 10. The summed E-state index contributed by atoms with van der Waals surface area (Å²) in [6.45, 7) is 28.1. The Hall–Kier alpha value is -4.29. The molecule has 2 atom stereocenters. The predicted octanol–water partition coefficient (Wildman–Crippen LogP) is 16.8. The summed E-state index contributed by atoms with van der Waals surface area (Å²) >= 11 is 0. The van der Waals surface area contributed by atoms with Gasteiger partial charge in [0.15, 0.2) is 5.96 Å². The van der Waals surface area contributed by atoms with Gasteiger partial charge in [-0.15, -0.1) is 65.8 Å². The summed E-state index contributed by atoms with van der Waals surface area (Å²) in [5.74, 6) is -1.04. The Morgan fingerprint density at radius 2 is 0.596 bits per heavy atom. The minimum atomic E-state index is -1.29. The second kappa shape index (κ2) is 137. The monoisotopic (exact) mass is 1500 g/mol. The minimum absolute atomic E-state index is 0. The van der Waals surface area contributed by atoms with Crippen LogP contribution in [-0.4, -0.2) is 200 Å². The van der Waals surface area contributed by atoms with Crippen molar-refractivity contribution in [2.45, 2.75) is 183 Å². The van der Waals surface area contributed by atoms with Gasteiger partial charge in [0.05, 0.1) is 98.9 Å². The van der Waals surface area contributed by atoms with Crippen molar-refractivity contribution in [1.29, 1.82) is 0 Å². The Balaban J connectivity index is -0.0000000539. The molecule has 0 aromatic carbocycles. The van der Waals surface area contributed by atoms with Gasteiger partial charge >= 0.3 is 5.97 Å². The number of methoxy groups -OCH3 is 1. The van der Waals surface area contributed by atoms with Gasteiger partial charge in [0.2, 0.25) is 0 Å². The van der Waals surface area contributed by atoms with Crippen molar-refractivity contribution in [3.63, 3.8) is 0 Å². The number of halogens is 8. The molecule has 0 amide bonds. The van der Waals surface area contributed by atoms with Crippen LogP contribution in [0.1, 0.15) is 146 Å². The highest BCUT2D eigenvalue weighted by molar-refractivity contribution is 5.86. The predicted molar refractivity (Wildman–Crippen MR) is 385 cm³/mol. The van der Waals surface area contributed by atoms with Crippen LogP contribution < -0.4 is 11.5 Å². The number of carbonyl (C=O) groups is 2. The van der Waals surface area contributed by atoms with Crippen LogP contribution in [0.25, 0.3) is 0 Å². The number of aliphatic imine (C=N–C) groups is 1. The molecule has 0 saturated carbocycles. The maximum atomic E-state index is 12.2. The van der Waals surface area contributed by atoms with E-state index in [9.17, 15) is 45.8 Å². The SMILES string of the molecule is C.C.C.C.C.C.C.C.C.C.C.C.C.C.C.C.C=C.C=C.C=C.C=C.C=C.COC(=O)C(CN=C(N)N)CC(=O)C(C)C(C)C.FOCCOCC(COCCOF)OCC(COC(COCCOF)COCCOF)OC(COC(COOF)COOF)COC(COOF)COOF. The molecule has 0 aromatic rings. The second-order valence-corrected chi connectivity index (χ2v) is 14.8. The fourth-order valence-electron chi connectivity index (χ4n) is 5.11. The molecule has 2 unspecified atom stereocenters. The summed E-state index contributed by atoms with van der Waals surface area (Å²) in [5, 5.41) is 12.2. The Morgan fingerprint density at radius 1 is 0.364 bits per heavy atom. The third-order valence-electron chi connectivity index (χ3n) is 9.07. The van der Waals surface area contributed by atoms with E-state index >= 15 is 0 Å². The van der Waals surface area contributed by atoms with E-state index < -0.39 is 115 Å². The fraction of sp³-hybridized carbons (Fsp3) is 0.797. The number of carbonyl (C=O) groups excluding carboxylic acids is 2. The van der Waals surface area contributed by atoms with E-state index in [2.05, 4.69) is 135 Å². The van der Waals surface area contributed by atoms with Crippen LogP contribution >= 0.6 is 0 Å². The molecule has 0 radical (unpaired) electrons. The first-order valence-electron chi connectivity index (χ1n) is 24.4. The zero-order chi connectivity index (χ0) is 64.7. The number of ketones is 1. The number of guanidine groups is 1. The van der Waals surface area contributed by atoms with Gasteiger partial charge in [0.25, 0.3) is 0 Å². The standard InChI is InChI=1S/C26H46F8O21.C12H23N3O3.5C2H4.16CH4/c27-43-5-1-35-9-21(10-36-2-6-44-28)39-13-25(14-40-22(11-37-3-7-45-29)12-38-4-8-46-30)51-26(15-41-23(17-47-52-31)18-48-53-32)16-42-24(19-49-54-33)20-50-55-34;1-7(2)8(3)10(16)5-9(11(17)18-4)6-15-12(13)14;5*1-2;;;;;;;;;;;;;;;;/h21-26H,1-20H2;7-9H,5-6H2,1-4H3,(H4,13,14,15);5*1-2H2;16*1H4. The second-order valence-electron chi connectivity index (χ2n) is 14.8. The van der Waals surface area contributed by atoms with E-state index in [1.807, 2.05) is 20.8 Å². The molecule has 99 heavy (non-hydrogen) atoms. The molecule has 0 aliphatic carbocycles. The highest BCUT2D eigenvalue weighted by Gasteiger charge is 2.28. The lowest BCUT2D eigenvalue weighted by Gasteiger charge is -2.29. The van der Waals surface area contributed by atoms with Crippen LogP contribution in [0.5, 0.6) is 0 Å². The Morgan fingerprint density at radius 3 is 0.788 bits per heavy atom. The van der Waals surface area contributed by atoms with Crippen LogP contribution in [-0.2, 0) is 117 Å². The van der Waals surface area contributed by atoms with Crippen LogP contribution in [0.3, 0.4) is 0 Å². The van der Waals surface area contributed by atoms with Crippen LogP contribution in [0.2, 0.25) is 0 Å². The molecule has 0 aliphatic rings. The van der Waals surface area contributed by atoms with E-state index in [0.717, 1.165) is 0 Å². The third kappa shape index (κ3) is 115. The number of nitrogens with zero attached hydrogens (tertiary/aromatic N) is 1. The zero-order valence-corrected chi connectivity index (χ0v) is 47.7. The van der Waals surface area contributed by atoms with Crippen molar-refractivity contribution in [3.8, 4) is 0 Å². The molecule has 0 rings (SSSR count). The van der Waals surface area contributed by atoms with E-state index in [1.54, 1.807) is 0 Å². The van der Waals surface area contributed by atoms with Crippen molar-refractivity contribution in [3.05, 3.63) is 65.8 Å². The van der Waals surface area contributed by atoms with Crippen molar-refractivity contribution in [2.75, 3.05) is 146 Å². The quantitative estimate of drug-likeness (QED) is 0.00835. The van der Waals surface area contributed by atoms with Gasteiger partial charge in [0.1, 0.15) is 95.3 Å². The molecule has 0 fully saturated rings. The van der Waals surface area contributed by atoms with Crippen molar-refractivity contribution >= 4 is 17.7 Å². The van der Waals surface area contributed by atoms with Crippen LogP contribution in [0.15, 0.2) is 70.8 Å². The summed E-state index contributed by atoms with van der Waals surface area (Å²) in [6.07, 6.45) is -6.71. The van der Waals surface area contributed by atoms with Crippen molar-refractivity contribution < 1.29 is 153 Å². The van der Waals surface area contributed by atoms with Crippen molar-refractivity contribution in [2.24, 2.45) is 34.2 Å². The molecule has 0 aliphatic heterocycles. The molecule has 0 saturated heterocycles. The summed E-state index contributed by atoms with van der Waals surface area (Å²) in [4.78, 5) is 57.7. The minimum Gasteiger partial charge on any atom is -0.469 e. The summed E-state index contributed by atoms with van der Waals surface area (Å²) < 4.78 is 152. The van der Waals surface area contributed by atoms with Gasteiger partial charge < -0.3 is 58.8 Å². The molecule has 35 heteroatoms. The van der Waals surface area contributed by atoms with Gasteiger partial charge in [-0.3, -0.25) is 14.6 Å². The molecule has 0 heterocycles. The Labute approximate surface area is 597 Å². The topological polar surface area (TPSA) is 302 Å². The molecular formula is C64H153F8N3O24. The highest BCUT2D eigenvalue weighted by atomic mass is 19.3. The van der Waals surface area contributed by atoms with Crippen molar-refractivity contribution in [1.82, 2.24) is 0 Å². The number of rotatable bonds is 53. The molecule has 0 bridgehead atoms. The maximum Gasteiger partial charge on any atom is 0.310 e. The molecule has 624 valence electrons. The van der Waals surface area contributed by atoms with Gasteiger partial charge in [-0.25, -0.2) is 0 Å². The molecule has 0 aromatic heterocycles. The number of esters is 1. The average Bonchev–Trinajstić information content (AvgIpc) is 1.02. The number of nitrogens with two attached hydrogens (primary N) is 2. The maximum absolute atomic E-state index is 12.2. The summed E-state index contributed by atoms with van der Waals surface area (Å²) in [7, 11) is 1.28. The largest absolute Gasteiger partial charge is 0.469 e. The first-order valence-corrected chi connectivity index (χ1v) is 24.4. The Bertz CT molecular complexity index is 1270. The van der Waals surface area contributed by atoms with Gasteiger partial charge in [-0.1, -0.05) is 140 Å². The van der Waals surface area contributed by atoms with E-state index in [4.69, 9.17) is 54.1 Å². The summed E-state index contributed by atoms with van der Waals surface area (Å²) in [5.41, 5.74) is 10.4. The summed E-state index contributed by atoms with van der Waals surface area (Å²) in [6, 6.07) is 0. The molecule has 27 nitrogen and oxygen atoms in total. The van der Waals surface area contributed by atoms with Crippen LogP contribution in [0.4, 0.5) is 36.2 Å². The lowest BCUT2D eigenvalue weighted by atomic mass is 9.88. The highest BCUT2D eigenvalue weighted by Crippen LogP contribution is 2.18. The number of Topliss-reactive ketones (excluding diaryl/α,β-unsaturated/α-hetero) is 1. The van der Waals surface area contributed by atoms with Gasteiger partial charge in [-0.2, -0.15) is 39.3 Å². The third-order valence-corrected chi connectivity index (χ3v) is 9.07. The lowest BCUT2D eigenvalue weighted by molar-refractivity contribution is -0.454. The smallest absolute Gasteiger partial charge is 0.310 e. The average molecular weight is 1500 g/mol. The zero-order valence-electron chi connectivity index (χ0n) is 47.7. The molecular weight excluding hydrogens is 1350 g/mol.